The number of rotatable bonds is 4. The van der Waals surface area contributed by atoms with E-state index in [-0.39, 0.29) is 12.4 Å². The number of hydrogen-bond donors (Lipinski definition) is 2. The van der Waals surface area contributed by atoms with Crippen LogP contribution < -0.4 is 4.74 Å². The second kappa shape index (κ2) is 6.19. The van der Waals surface area contributed by atoms with Crippen LogP contribution in [0.15, 0.2) is 29.3 Å². The van der Waals surface area contributed by atoms with Crippen molar-refractivity contribution >= 4 is 35.2 Å². The SMILES string of the molecule is CCSc1cc(-c2nc3ccc(OC)cc3[nH]2)[nH]n1.Cl. The van der Waals surface area contributed by atoms with E-state index in [2.05, 4.69) is 27.1 Å². The number of H-pyrrole nitrogens is 2. The van der Waals surface area contributed by atoms with E-state index in [1.807, 2.05) is 24.3 Å². The summed E-state index contributed by atoms with van der Waals surface area (Å²) in [6.45, 7) is 2.10. The van der Waals surface area contributed by atoms with Crippen molar-refractivity contribution in [2.45, 2.75) is 11.9 Å². The van der Waals surface area contributed by atoms with Crippen LogP contribution in [0.3, 0.4) is 0 Å². The van der Waals surface area contributed by atoms with Gasteiger partial charge in [-0.3, -0.25) is 5.10 Å². The maximum atomic E-state index is 5.20. The number of nitrogens with one attached hydrogen (secondary N) is 2. The highest BCUT2D eigenvalue weighted by Gasteiger charge is 2.09. The minimum atomic E-state index is 0. The fraction of sp³-hybridized carbons (Fsp3) is 0.231. The van der Waals surface area contributed by atoms with Gasteiger partial charge in [-0.15, -0.1) is 24.2 Å². The molecule has 1 aromatic carbocycles. The van der Waals surface area contributed by atoms with Crippen molar-refractivity contribution in [1.29, 1.82) is 0 Å². The fourth-order valence-electron chi connectivity index (χ4n) is 1.89. The van der Waals surface area contributed by atoms with Gasteiger partial charge in [0.25, 0.3) is 0 Å². The second-order valence-electron chi connectivity index (χ2n) is 4.02. The number of hydrogen-bond acceptors (Lipinski definition) is 4. The number of methoxy groups -OCH3 is 1. The third-order valence-electron chi connectivity index (χ3n) is 2.79. The Kier molecular flexibility index (Phi) is 4.57. The third kappa shape index (κ3) is 2.76. The number of halogens is 1. The zero-order valence-electron chi connectivity index (χ0n) is 11.1. The van der Waals surface area contributed by atoms with Crippen molar-refractivity contribution in [1.82, 2.24) is 20.2 Å². The van der Waals surface area contributed by atoms with Gasteiger partial charge >= 0.3 is 0 Å². The Bertz CT molecular complexity index is 709. The molecular weight excluding hydrogens is 296 g/mol. The first-order chi connectivity index (χ1) is 9.30. The number of benzene rings is 1. The molecule has 2 N–H and O–H groups in total. The molecule has 0 atom stereocenters. The smallest absolute Gasteiger partial charge is 0.156 e. The molecule has 0 saturated carbocycles. The van der Waals surface area contributed by atoms with Crippen LogP contribution >= 0.6 is 24.2 Å². The Hall–Kier alpha value is -1.66. The number of ether oxygens (including phenoxy) is 1. The molecule has 0 aliphatic carbocycles. The Morgan fingerprint density at radius 2 is 2.15 bits per heavy atom. The lowest BCUT2D eigenvalue weighted by Crippen LogP contribution is -1.81. The number of imidazole rings is 1. The minimum absolute atomic E-state index is 0. The van der Waals surface area contributed by atoms with Gasteiger partial charge in [-0.05, 0) is 17.9 Å². The summed E-state index contributed by atoms with van der Waals surface area (Å²) >= 11 is 1.70. The molecule has 0 unspecified atom stereocenters. The van der Waals surface area contributed by atoms with E-state index in [0.29, 0.717) is 0 Å². The molecule has 0 aliphatic heterocycles. The number of aromatic nitrogens is 4. The molecule has 0 radical (unpaired) electrons. The molecule has 106 valence electrons. The quantitative estimate of drug-likeness (QED) is 0.724. The van der Waals surface area contributed by atoms with E-state index in [1.165, 1.54) is 0 Å². The van der Waals surface area contributed by atoms with Crippen molar-refractivity contribution in [3.8, 4) is 17.3 Å². The third-order valence-corrected chi connectivity index (χ3v) is 3.58. The summed E-state index contributed by atoms with van der Waals surface area (Å²) in [6.07, 6.45) is 0. The molecule has 0 spiro atoms. The van der Waals surface area contributed by atoms with E-state index in [1.54, 1.807) is 18.9 Å². The summed E-state index contributed by atoms with van der Waals surface area (Å²) in [5.74, 6) is 2.61. The summed E-state index contributed by atoms with van der Waals surface area (Å²) in [6, 6.07) is 7.78. The van der Waals surface area contributed by atoms with Gasteiger partial charge in [-0.2, -0.15) is 5.10 Å². The Morgan fingerprint density at radius 3 is 2.90 bits per heavy atom. The van der Waals surface area contributed by atoms with Crippen molar-refractivity contribution in [2.75, 3.05) is 12.9 Å². The lowest BCUT2D eigenvalue weighted by atomic mass is 10.3. The highest BCUT2D eigenvalue weighted by Crippen LogP contribution is 2.25. The lowest BCUT2D eigenvalue weighted by Gasteiger charge is -1.96. The van der Waals surface area contributed by atoms with E-state index in [0.717, 1.165) is 39.1 Å². The normalized spacial score (nSPS) is 10.5. The van der Waals surface area contributed by atoms with Gasteiger partial charge in [0.2, 0.25) is 0 Å². The molecule has 0 aliphatic rings. The molecule has 2 heterocycles. The summed E-state index contributed by atoms with van der Waals surface area (Å²) in [7, 11) is 1.65. The van der Waals surface area contributed by atoms with E-state index >= 15 is 0 Å². The fourth-order valence-corrected chi connectivity index (χ4v) is 2.50. The van der Waals surface area contributed by atoms with Crippen LogP contribution in [0.25, 0.3) is 22.6 Å². The highest BCUT2D eigenvalue weighted by atomic mass is 35.5. The summed E-state index contributed by atoms with van der Waals surface area (Å²) in [4.78, 5) is 7.81. The van der Waals surface area contributed by atoms with Crippen molar-refractivity contribution < 1.29 is 4.74 Å². The molecule has 20 heavy (non-hydrogen) atoms. The van der Waals surface area contributed by atoms with Crippen molar-refractivity contribution in [2.24, 2.45) is 0 Å². The van der Waals surface area contributed by atoms with E-state index in [9.17, 15) is 0 Å². The first kappa shape index (κ1) is 14.7. The van der Waals surface area contributed by atoms with E-state index < -0.39 is 0 Å². The molecule has 3 rings (SSSR count). The molecule has 2 aromatic heterocycles. The van der Waals surface area contributed by atoms with Crippen molar-refractivity contribution in [3.05, 3.63) is 24.3 Å². The van der Waals surface area contributed by atoms with Gasteiger partial charge < -0.3 is 9.72 Å². The van der Waals surface area contributed by atoms with E-state index in [4.69, 9.17) is 4.74 Å². The summed E-state index contributed by atoms with van der Waals surface area (Å²) < 4.78 is 5.20. The molecule has 3 aromatic rings. The zero-order valence-corrected chi connectivity index (χ0v) is 12.8. The van der Waals surface area contributed by atoms with Gasteiger partial charge in [0.05, 0.1) is 18.1 Å². The number of nitrogens with zero attached hydrogens (tertiary/aromatic N) is 2. The maximum absolute atomic E-state index is 5.20. The van der Waals surface area contributed by atoms with Gasteiger partial charge in [0, 0.05) is 12.1 Å². The average Bonchev–Trinajstić information content (AvgIpc) is 3.03. The minimum Gasteiger partial charge on any atom is -0.497 e. The van der Waals surface area contributed by atoms with Crippen LogP contribution in [0, 0.1) is 0 Å². The van der Waals surface area contributed by atoms with Crippen LogP contribution in [0.4, 0.5) is 0 Å². The summed E-state index contributed by atoms with van der Waals surface area (Å²) in [5.41, 5.74) is 2.76. The maximum Gasteiger partial charge on any atom is 0.156 e. The highest BCUT2D eigenvalue weighted by molar-refractivity contribution is 7.99. The second-order valence-corrected chi connectivity index (χ2v) is 5.31. The molecule has 7 heteroatoms. The molecule has 0 fully saturated rings. The standard InChI is InChI=1S/C13H14N4OS.ClH/c1-3-19-12-7-11(16-17-12)13-14-9-5-4-8(18-2)6-10(9)15-13;/h4-7H,3H2,1-2H3,(H,14,15)(H,16,17);1H. The molecule has 0 amide bonds. The first-order valence-corrected chi connectivity index (χ1v) is 7.01. The lowest BCUT2D eigenvalue weighted by molar-refractivity contribution is 0.415. The van der Waals surface area contributed by atoms with Gasteiger partial charge in [0.1, 0.15) is 16.5 Å². The predicted molar refractivity (Wildman–Crippen MR) is 83.9 cm³/mol. The Labute approximate surface area is 126 Å². The molecule has 5 nitrogen and oxygen atoms in total. The summed E-state index contributed by atoms with van der Waals surface area (Å²) in [5, 5.41) is 8.22. The first-order valence-electron chi connectivity index (χ1n) is 6.02. The van der Waals surface area contributed by atoms with Crippen LogP contribution in [-0.4, -0.2) is 33.0 Å². The van der Waals surface area contributed by atoms with Crippen LogP contribution in [0.2, 0.25) is 0 Å². The van der Waals surface area contributed by atoms with Crippen molar-refractivity contribution in [3.63, 3.8) is 0 Å². The van der Waals surface area contributed by atoms with Gasteiger partial charge in [-0.25, -0.2) is 4.98 Å². The monoisotopic (exact) mass is 310 g/mol. The van der Waals surface area contributed by atoms with Gasteiger partial charge in [-0.1, -0.05) is 6.92 Å². The number of thioether (sulfide) groups is 1. The largest absolute Gasteiger partial charge is 0.497 e. The van der Waals surface area contributed by atoms with Gasteiger partial charge in [0.15, 0.2) is 5.82 Å². The Morgan fingerprint density at radius 1 is 1.30 bits per heavy atom. The molecule has 0 bridgehead atoms. The van der Waals surface area contributed by atoms with Crippen LogP contribution in [0.5, 0.6) is 5.75 Å². The Balaban J connectivity index is 0.00000147. The number of aromatic amines is 2. The average molecular weight is 311 g/mol. The molecule has 0 saturated heterocycles. The predicted octanol–water partition coefficient (Wildman–Crippen LogP) is 3.50. The van der Waals surface area contributed by atoms with Crippen LogP contribution in [-0.2, 0) is 0 Å². The molecular formula is C13H15ClN4OS. The topological polar surface area (TPSA) is 66.6 Å². The van der Waals surface area contributed by atoms with Crippen LogP contribution in [0.1, 0.15) is 6.92 Å². The zero-order chi connectivity index (χ0) is 13.2. The number of fused-ring (bicyclic) bond motifs is 1.